The molecule has 4 aromatic carbocycles. The first-order chi connectivity index (χ1) is 24.1. The van der Waals surface area contributed by atoms with E-state index in [1.807, 2.05) is 66.7 Å². The largest absolute Gasteiger partial charge is 0.386 e. The van der Waals surface area contributed by atoms with Gasteiger partial charge in [-0.25, -0.2) is 0 Å². The van der Waals surface area contributed by atoms with Gasteiger partial charge in [0.15, 0.2) is 0 Å². The maximum atomic E-state index is 13.4. The van der Waals surface area contributed by atoms with Gasteiger partial charge in [0.2, 0.25) is 11.9 Å². The summed E-state index contributed by atoms with van der Waals surface area (Å²) in [7, 11) is 0. The number of hydrogen-bond acceptors (Lipinski definition) is 7. The summed E-state index contributed by atoms with van der Waals surface area (Å²) < 4.78 is 0. The van der Waals surface area contributed by atoms with E-state index in [-0.39, 0.29) is 31.4 Å². The number of amidine groups is 1. The zero-order valence-corrected chi connectivity index (χ0v) is 27.8. The molecule has 0 heterocycles. The third-order valence-electron chi connectivity index (χ3n) is 7.25. The van der Waals surface area contributed by atoms with E-state index in [9.17, 15) is 14.4 Å². The number of guanidine groups is 1. The van der Waals surface area contributed by atoms with Crippen LogP contribution in [0.1, 0.15) is 56.8 Å². The lowest BCUT2D eigenvalue weighted by molar-refractivity contribution is -0.122. The van der Waals surface area contributed by atoms with Crippen LogP contribution in [0.3, 0.4) is 0 Å². The van der Waals surface area contributed by atoms with Gasteiger partial charge < -0.3 is 33.2 Å². The Morgan fingerprint density at radius 1 is 0.600 bits per heavy atom. The SMILES string of the molecule is C/C(N)=N/N=C(\C)c1cccc(C(=O)NCCNC(=O)[C@H](Cc2ccccc2)NC(=O)c2ccc(/C(=N\N=C(N)N)c3ccccc3)cc2)c1. The van der Waals surface area contributed by atoms with Crippen LogP contribution in [0.25, 0.3) is 0 Å². The first-order valence-electron chi connectivity index (χ1n) is 15.8. The molecule has 13 nitrogen and oxygen atoms in total. The molecular weight excluding hydrogens is 632 g/mol. The molecule has 0 spiro atoms. The number of nitrogens with two attached hydrogens (primary N) is 3. The number of hydrogen-bond donors (Lipinski definition) is 6. The average molecular weight is 673 g/mol. The Morgan fingerprint density at radius 2 is 1.18 bits per heavy atom. The van der Waals surface area contributed by atoms with Gasteiger partial charge in [-0.2, -0.15) is 5.10 Å². The molecule has 0 aliphatic heterocycles. The summed E-state index contributed by atoms with van der Waals surface area (Å²) >= 11 is 0. The monoisotopic (exact) mass is 672 g/mol. The highest BCUT2D eigenvalue weighted by Crippen LogP contribution is 2.14. The number of amides is 3. The first-order valence-corrected chi connectivity index (χ1v) is 15.8. The van der Waals surface area contributed by atoms with Crippen LogP contribution in [0.4, 0.5) is 0 Å². The minimum atomic E-state index is -0.887. The summed E-state index contributed by atoms with van der Waals surface area (Å²) in [6.45, 7) is 3.71. The lowest BCUT2D eigenvalue weighted by Gasteiger charge is -2.19. The summed E-state index contributed by atoms with van der Waals surface area (Å²) in [5, 5.41) is 24.4. The van der Waals surface area contributed by atoms with Gasteiger partial charge in [-0.3, -0.25) is 14.4 Å². The minimum absolute atomic E-state index is 0.141. The predicted octanol–water partition coefficient (Wildman–Crippen LogP) is 2.70. The van der Waals surface area contributed by atoms with Crippen LogP contribution in [0.2, 0.25) is 0 Å². The summed E-state index contributed by atoms with van der Waals surface area (Å²) in [6.07, 6.45) is 0.258. The molecule has 0 bridgehead atoms. The Kier molecular flexibility index (Phi) is 13.1. The fourth-order valence-corrected chi connectivity index (χ4v) is 4.75. The molecule has 0 aliphatic rings. The molecule has 0 aliphatic carbocycles. The van der Waals surface area contributed by atoms with E-state index in [2.05, 4.69) is 36.4 Å². The highest BCUT2D eigenvalue weighted by Gasteiger charge is 2.22. The normalized spacial score (nSPS) is 12.4. The van der Waals surface area contributed by atoms with Crippen molar-refractivity contribution in [3.63, 3.8) is 0 Å². The Labute approximate surface area is 290 Å². The summed E-state index contributed by atoms with van der Waals surface area (Å²) in [5.41, 5.74) is 21.5. The van der Waals surface area contributed by atoms with Gasteiger partial charge in [-0.05, 0) is 49.2 Å². The molecule has 3 amide bonds. The maximum Gasteiger partial charge on any atom is 0.251 e. The molecule has 256 valence electrons. The number of rotatable bonds is 14. The molecule has 4 rings (SSSR count). The first kappa shape index (κ1) is 36.2. The quantitative estimate of drug-likeness (QED) is 0.0512. The molecule has 0 aromatic heterocycles. The van der Waals surface area contributed by atoms with Crippen molar-refractivity contribution in [1.82, 2.24) is 16.0 Å². The van der Waals surface area contributed by atoms with Gasteiger partial charge in [-0.15, -0.1) is 15.3 Å². The smallest absolute Gasteiger partial charge is 0.251 e. The van der Waals surface area contributed by atoms with Crippen molar-refractivity contribution in [2.75, 3.05) is 13.1 Å². The van der Waals surface area contributed by atoms with Crippen LogP contribution in [-0.4, -0.2) is 60.1 Å². The molecule has 0 unspecified atom stereocenters. The van der Waals surface area contributed by atoms with Gasteiger partial charge in [0, 0.05) is 41.8 Å². The van der Waals surface area contributed by atoms with Crippen molar-refractivity contribution >= 4 is 40.9 Å². The van der Waals surface area contributed by atoms with E-state index in [4.69, 9.17) is 17.2 Å². The lowest BCUT2D eigenvalue weighted by Crippen LogP contribution is -2.49. The van der Waals surface area contributed by atoms with Crippen molar-refractivity contribution in [2.45, 2.75) is 26.3 Å². The molecule has 0 radical (unpaired) electrons. The van der Waals surface area contributed by atoms with E-state index in [1.54, 1.807) is 56.3 Å². The number of nitrogens with zero attached hydrogens (tertiary/aromatic N) is 4. The van der Waals surface area contributed by atoms with Crippen molar-refractivity contribution in [1.29, 1.82) is 0 Å². The standard InChI is InChI=1S/C37H40N10O3/c1-24(44-45-25(2)38)30-14-9-15-31(23-30)34(48)41-20-21-42-36(50)32(22-26-10-5-3-6-11-26)43-35(49)29-18-16-28(17-19-29)33(46-47-37(39)40)27-12-7-4-8-13-27/h3-19,23,32H,20-22H2,1-2H3,(H2,38,45)(H,41,48)(H,42,50)(H,43,49)(H4,39,40,47)/b44-24+,46-33-/t32-/m0/s1. The van der Waals surface area contributed by atoms with Crippen LogP contribution in [0.15, 0.2) is 130 Å². The molecule has 13 heteroatoms. The van der Waals surface area contributed by atoms with E-state index < -0.39 is 17.9 Å². The number of carbonyl (C=O) groups is 3. The highest BCUT2D eigenvalue weighted by atomic mass is 16.2. The van der Waals surface area contributed by atoms with Crippen molar-refractivity contribution in [3.8, 4) is 0 Å². The van der Waals surface area contributed by atoms with Crippen molar-refractivity contribution < 1.29 is 14.4 Å². The van der Waals surface area contributed by atoms with Crippen LogP contribution >= 0.6 is 0 Å². The molecule has 9 N–H and O–H groups in total. The summed E-state index contributed by atoms with van der Waals surface area (Å²) in [6, 6.07) is 31.5. The maximum absolute atomic E-state index is 13.4. The molecule has 50 heavy (non-hydrogen) atoms. The van der Waals surface area contributed by atoms with Crippen molar-refractivity contribution in [2.24, 2.45) is 37.6 Å². The Bertz CT molecular complexity index is 1900. The minimum Gasteiger partial charge on any atom is -0.386 e. The third kappa shape index (κ3) is 11.0. The van der Waals surface area contributed by atoms with Crippen molar-refractivity contribution in [3.05, 3.63) is 143 Å². The fraction of sp³-hybridized carbons (Fsp3) is 0.162. The molecule has 0 saturated carbocycles. The number of benzene rings is 4. The third-order valence-corrected chi connectivity index (χ3v) is 7.25. The summed E-state index contributed by atoms with van der Waals surface area (Å²) in [5.74, 6) is -1.01. The van der Waals surface area contributed by atoms with Crippen LogP contribution in [-0.2, 0) is 11.2 Å². The Morgan fingerprint density at radius 3 is 1.84 bits per heavy atom. The fourth-order valence-electron chi connectivity index (χ4n) is 4.75. The number of nitrogens with one attached hydrogen (secondary N) is 3. The molecule has 0 saturated heterocycles. The topological polar surface area (TPSA) is 215 Å². The van der Waals surface area contributed by atoms with Gasteiger partial charge in [0.05, 0.1) is 5.71 Å². The molecule has 1 atom stereocenters. The van der Waals surface area contributed by atoms with E-state index in [1.165, 1.54) is 0 Å². The molecular formula is C37H40N10O3. The zero-order valence-electron chi connectivity index (χ0n) is 27.8. The second kappa shape index (κ2) is 18.1. The number of carbonyl (C=O) groups excluding carboxylic acids is 3. The molecule has 4 aromatic rings. The van der Waals surface area contributed by atoms with Crippen LogP contribution in [0, 0.1) is 0 Å². The van der Waals surface area contributed by atoms with Gasteiger partial charge in [0.1, 0.15) is 17.6 Å². The van der Waals surface area contributed by atoms with E-state index in [0.29, 0.717) is 33.9 Å². The lowest BCUT2D eigenvalue weighted by atomic mass is 10.0. The summed E-state index contributed by atoms with van der Waals surface area (Å²) in [4.78, 5) is 39.6. The second-order valence-corrected chi connectivity index (χ2v) is 11.2. The van der Waals surface area contributed by atoms with Gasteiger partial charge >= 0.3 is 0 Å². The average Bonchev–Trinajstić information content (AvgIpc) is 3.13. The van der Waals surface area contributed by atoms with E-state index >= 15 is 0 Å². The van der Waals surface area contributed by atoms with Gasteiger partial charge in [0.25, 0.3) is 11.8 Å². The zero-order chi connectivity index (χ0) is 35.9. The molecule has 0 fully saturated rings. The predicted molar refractivity (Wildman–Crippen MR) is 197 cm³/mol. The van der Waals surface area contributed by atoms with Crippen LogP contribution in [0.5, 0.6) is 0 Å². The van der Waals surface area contributed by atoms with E-state index in [0.717, 1.165) is 16.7 Å². The Balaban J connectivity index is 1.40. The Hall–Kier alpha value is -6.63. The van der Waals surface area contributed by atoms with Gasteiger partial charge in [-0.1, -0.05) is 84.9 Å². The highest BCUT2D eigenvalue weighted by molar-refractivity contribution is 6.13. The van der Waals surface area contributed by atoms with Crippen LogP contribution < -0.4 is 33.2 Å². The second-order valence-electron chi connectivity index (χ2n) is 11.2.